The Morgan fingerprint density at radius 3 is 3.05 bits per heavy atom. The van der Waals surface area contributed by atoms with Gasteiger partial charge in [0.15, 0.2) is 0 Å². The summed E-state index contributed by atoms with van der Waals surface area (Å²) in [7, 11) is 0. The Morgan fingerprint density at radius 2 is 2.25 bits per heavy atom. The number of aromatic nitrogens is 2. The van der Waals surface area contributed by atoms with Crippen molar-refractivity contribution in [2.24, 2.45) is 0 Å². The van der Waals surface area contributed by atoms with E-state index in [1.807, 2.05) is 23.0 Å². The largest absolute Gasteiger partial charge is 0.458 e. The molecule has 20 heavy (non-hydrogen) atoms. The van der Waals surface area contributed by atoms with E-state index in [0.717, 1.165) is 23.9 Å². The van der Waals surface area contributed by atoms with Crippen LogP contribution in [-0.4, -0.2) is 14.9 Å². The molecule has 5 heteroatoms. The summed E-state index contributed by atoms with van der Waals surface area (Å²) in [4.78, 5) is 0. The molecular weight excluding hydrogens is 276 g/mol. The van der Waals surface area contributed by atoms with Crippen molar-refractivity contribution < 1.29 is 9.52 Å². The number of benzene rings is 1. The number of aliphatic hydroxyl groups is 1. The summed E-state index contributed by atoms with van der Waals surface area (Å²) in [5, 5.41) is 16.1. The number of fused-ring (bicyclic) bond motifs is 1. The van der Waals surface area contributed by atoms with Crippen LogP contribution < -0.4 is 0 Å². The van der Waals surface area contributed by atoms with Gasteiger partial charge in [-0.25, -0.2) is 0 Å². The predicted molar refractivity (Wildman–Crippen MR) is 77.8 cm³/mol. The van der Waals surface area contributed by atoms with E-state index in [9.17, 15) is 5.11 Å². The number of nitrogens with zero attached hydrogens (tertiary/aromatic N) is 2. The quantitative estimate of drug-likeness (QED) is 0.795. The number of hydrogen-bond donors (Lipinski definition) is 1. The van der Waals surface area contributed by atoms with Gasteiger partial charge in [0.1, 0.15) is 17.4 Å². The average molecular weight is 291 g/mol. The lowest BCUT2D eigenvalue weighted by Crippen LogP contribution is -1.98. The highest BCUT2D eigenvalue weighted by molar-refractivity contribution is 6.31. The number of hydrogen-bond acceptors (Lipinski definition) is 3. The van der Waals surface area contributed by atoms with Crippen molar-refractivity contribution in [2.75, 3.05) is 0 Å². The Morgan fingerprint density at radius 1 is 1.40 bits per heavy atom. The lowest BCUT2D eigenvalue weighted by molar-refractivity contribution is 0.192. The molecule has 0 aliphatic heterocycles. The number of aliphatic hydroxyl groups excluding tert-OH is 1. The van der Waals surface area contributed by atoms with Crippen LogP contribution in [0.2, 0.25) is 5.02 Å². The Kier molecular flexibility index (Phi) is 3.51. The van der Waals surface area contributed by atoms with E-state index in [1.54, 1.807) is 18.3 Å². The number of furan rings is 1. The van der Waals surface area contributed by atoms with Crippen molar-refractivity contribution >= 4 is 22.6 Å². The second-order valence-electron chi connectivity index (χ2n) is 4.77. The van der Waals surface area contributed by atoms with Gasteiger partial charge < -0.3 is 9.52 Å². The van der Waals surface area contributed by atoms with Crippen molar-refractivity contribution in [2.45, 2.75) is 26.0 Å². The summed E-state index contributed by atoms with van der Waals surface area (Å²) < 4.78 is 7.48. The van der Waals surface area contributed by atoms with Crippen LogP contribution in [0.25, 0.3) is 11.0 Å². The Balaban J connectivity index is 1.92. The maximum atomic E-state index is 10.4. The fourth-order valence-electron chi connectivity index (χ4n) is 2.21. The van der Waals surface area contributed by atoms with Gasteiger partial charge in [0.25, 0.3) is 0 Å². The molecule has 0 fully saturated rings. The molecule has 3 aromatic rings. The van der Waals surface area contributed by atoms with Crippen LogP contribution in [0.1, 0.15) is 30.8 Å². The number of rotatable bonds is 4. The zero-order valence-electron chi connectivity index (χ0n) is 11.1. The molecule has 0 spiro atoms. The van der Waals surface area contributed by atoms with Crippen LogP contribution >= 0.6 is 11.6 Å². The molecule has 3 rings (SSSR count). The van der Waals surface area contributed by atoms with Gasteiger partial charge >= 0.3 is 0 Å². The van der Waals surface area contributed by atoms with E-state index < -0.39 is 6.10 Å². The lowest BCUT2D eigenvalue weighted by Gasteiger charge is -2.03. The monoisotopic (exact) mass is 290 g/mol. The van der Waals surface area contributed by atoms with Crippen LogP contribution in [0, 0.1) is 0 Å². The Hall–Kier alpha value is -1.78. The van der Waals surface area contributed by atoms with Crippen molar-refractivity contribution in [1.29, 1.82) is 0 Å². The van der Waals surface area contributed by atoms with Gasteiger partial charge in [0.05, 0.1) is 6.20 Å². The SMILES string of the molecule is CCCn1cc(C(O)c2cc3cc(Cl)ccc3o2)cn1. The molecule has 2 heterocycles. The van der Waals surface area contributed by atoms with E-state index >= 15 is 0 Å². The van der Waals surface area contributed by atoms with Gasteiger partial charge in [-0.2, -0.15) is 5.10 Å². The number of aryl methyl sites for hydroxylation is 1. The predicted octanol–water partition coefficient (Wildman–Crippen LogP) is 3.77. The summed E-state index contributed by atoms with van der Waals surface area (Å²) in [5.74, 6) is 0.498. The summed E-state index contributed by atoms with van der Waals surface area (Å²) in [6, 6.07) is 7.19. The minimum Gasteiger partial charge on any atom is -0.458 e. The summed E-state index contributed by atoms with van der Waals surface area (Å²) in [6.45, 7) is 2.92. The van der Waals surface area contributed by atoms with Gasteiger partial charge in [-0.05, 0) is 30.7 Å². The fraction of sp³-hybridized carbons (Fsp3) is 0.267. The summed E-state index contributed by atoms with van der Waals surface area (Å²) in [5.41, 5.74) is 1.44. The lowest BCUT2D eigenvalue weighted by atomic mass is 10.1. The zero-order chi connectivity index (χ0) is 14.1. The topological polar surface area (TPSA) is 51.2 Å². The summed E-state index contributed by atoms with van der Waals surface area (Å²) in [6.07, 6.45) is 3.70. The van der Waals surface area contributed by atoms with Gasteiger partial charge in [0.2, 0.25) is 0 Å². The molecule has 4 nitrogen and oxygen atoms in total. The normalized spacial score (nSPS) is 12.9. The highest BCUT2D eigenvalue weighted by atomic mass is 35.5. The Labute approximate surface area is 121 Å². The highest BCUT2D eigenvalue weighted by Gasteiger charge is 2.17. The third-order valence-electron chi connectivity index (χ3n) is 3.19. The van der Waals surface area contributed by atoms with Crippen molar-refractivity contribution in [3.63, 3.8) is 0 Å². The van der Waals surface area contributed by atoms with Gasteiger partial charge in [-0.15, -0.1) is 0 Å². The van der Waals surface area contributed by atoms with Crippen LogP contribution in [0.3, 0.4) is 0 Å². The third kappa shape index (κ3) is 2.44. The molecule has 0 aliphatic rings. The van der Waals surface area contributed by atoms with E-state index in [4.69, 9.17) is 16.0 Å². The second kappa shape index (κ2) is 5.31. The maximum absolute atomic E-state index is 10.4. The van der Waals surface area contributed by atoms with Crippen LogP contribution in [0.5, 0.6) is 0 Å². The van der Waals surface area contributed by atoms with E-state index in [2.05, 4.69) is 12.0 Å². The zero-order valence-corrected chi connectivity index (χ0v) is 11.8. The molecule has 1 atom stereocenters. The first-order valence-electron chi connectivity index (χ1n) is 6.57. The molecule has 1 N–H and O–H groups in total. The van der Waals surface area contributed by atoms with E-state index in [-0.39, 0.29) is 0 Å². The second-order valence-corrected chi connectivity index (χ2v) is 5.21. The average Bonchev–Trinajstić information content (AvgIpc) is 3.04. The van der Waals surface area contributed by atoms with Gasteiger partial charge in [-0.1, -0.05) is 18.5 Å². The van der Waals surface area contributed by atoms with E-state index in [1.165, 1.54) is 0 Å². The van der Waals surface area contributed by atoms with E-state index in [0.29, 0.717) is 16.4 Å². The van der Waals surface area contributed by atoms with Crippen LogP contribution in [0.15, 0.2) is 41.1 Å². The van der Waals surface area contributed by atoms with Crippen LogP contribution in [-0.2, 0) is 6.54 Å². The molecular formula is C15H15ClN2O2. The maximum Gasteiger partial charge on any atom is 0.140 e. The minimum atomic E-state index is -0.813. The molecule has 0 saturated heterocycles. The molecule has 2 aromatic heterocycles. The smallest absolute Gasteiger partial charge is 0.140 e. The first-order valence-corrected chi connectivity index (χ1v) is 6.94. The van der Waals surface area contributed by atoms with Crippen molar-refractivity contribution in [3.05, 3.63) is 53.0 Å². The molecule has 0 saturated carbocycles. The molecule has 0 aliphatic carbocycles. The van der Waals surface area contributed by atoms with Crippen molar-refractivity contribution in [3.8, 4) is 0 Å². The molecule has 0 bridgehead atoms. The standard InChI is InChI=1S/C15H15ClN2O2/c1-2-5-18-9-11(8-17-18)15(19)14-7-10-6-12(16)3-4-13(10)20-14/h3-4,6-9,15,19H,2,5H2,1H3. The highest BCUT2D eigenvalue weighted by Crippen LogP contribution is 2.29. The third-order valence-corrected chi connectivity index (χ3v) is 3.42. The molecule has 104 valence electrons. The Bertz CT molecular complexity index is 732. The minimum absolute atomic E-state index is 0.498. The molecule has 1 aromatic carbocycles. The van der Waals surface area contributed by atoms with Crippen molar-refractivity contribution in [1.82, 2.24) is 9.78 Å². The molecule has 0 amide bonds. The first kappa shape index (κ1) is 13.2. The first-order chi connectivity index (χ1) is 9.67. The number of halogens is 1. The van der Waals surface area contributed by atoms with Gasteiger partial charge in [0, 0.05) is 28.7 Å². The molecule has 1 unspecified atom stereocenters. The van der Waals surface area contributed by atoms with Gasteiger partial charge in [-0.3, -0.25) is 4.68 Å². The fourth-order valence-corrected chi connectivity index (χ4v) is 2.39. The summed E-state index contributed by atoms with van der Waals surface area (Å²) >= 11 is 5.95. The van der Waals surface area contributed by atoms with Crippen LogP contribution in [0.4, 0.5) is 0 Å². The molecule has 0 radical (unpaired) electrons.